The van der Waals surface area contributed by atoms with E-state index in [4.69, 9.17) is 0 Å². The molecule has 150 valence electrons. The monoisotopic (exact) mass is 397 g/mol. The first kappa shape index (κ1) is 18.7. The molecule has 5 nitrogen and oxygen atoms in total. The second-order valence-corrected chi connectivity index (χ2v) is 7.95. The van der Waals surface area contributed by atoms with Gasteiger partial charge in [-0.25, -0.2) is 15.3 Å². The summed E-state index contributed by atoms with van der Waals surface area (Å²) in [5.74, 6) is -0.786. The van der Waals surface area contributed by atoms with Crippen LogP contribution in [0.5, 0.6) is 0 Å². The Morgan fingerprint density at radius 2 is 1.43 bits per heavy atom. The quantitative estimate of drug-likeness (QED) is 0.684. The third kappa shape index (κ3) is 3.12. The molecule has 2 aliphatic rings. The van der Waals surface area contributed by atoms with E-state index in [1.165, 1.54) is 4.90 Å². The second-order valence-electron chi connectivity index (χ2n) is 7.95. The van der Waals surface area contributed by atoms with Crippen molar-refractivity contribution in [1.29, 1.82) is 0 Å². The highest BCUT2D eigenvalue weighted by molar-refractivity contribution is 6.24. The lowest BCUT2D eigenvalue weighted by Crippen LogP contribution is -2.45. The fourth-order valence-electron chi connectivity index (χ4n) is 4.48. The molecule has 2 fully saturated rings. The number of rotatable bonds is 4. The van der Waals surface area contributed by atoms with Crippen LogP contribution in [0.4, 0.5) is 5.69 Å². The van der Waals surface area contributed by atoms with Gasteiger partial charge < -0.3 is 0 Å². The summed E-state index contributed by atoms with van der Waals surface area (Å²) in [6.45, 7) is 2.54. The largest absolute Gasteiger partial charge is 0.274 e. The normalized spacial score (nSPS) is 23.8. The van der Waals surface area contributed by atoms with Crippen LogP contribution >= 0.6 is 0 Å². The predicted octanol–water partition coefficient (Wildman–Crippen LogP) is 3.61. The molecule has 2 saturated heterocycles. The number of hydrogen-bond donors (Lipinski definition) is 1. The van der Waals surface area contributed by atoms with Gasteiger partial charge in [0.25, 0.3) is 5.91 Å². The number of hydrazine groups is 1. The number of nitrogens with zero attached hydrogens (tertiary/aromatic N) is 2. The van der Waals surface area contributed by atoms with Crippen LogP contribution in [0, 0.1) is 12.8 Å². The van der Waals surface area contributed by atoms with Gasteiger partial charge in [0.05, 0.1) is 17.6 Å². The van der Waals surface area contributed by atoms with Gasteiger partial charge in [-0.2, -0.15) is 0 Å². The van der Waals surface area contributed by atoms with E-state index in [0.29, 0.717) is 12.2 Å². The minimum Gasteiger partial charge on any atom is -0.274 e. The Balaban J connectivity index is 1.53. The van der Waals surface area contributed by atoms with Crippen LogP contribution in [-0.2, 0) is 16.1 Å². The van der Waals surface area contributed by atoms with Crippen molar-refractivity contribution in [3.8, 4) is 0 Å². The van der Waals surface area contributed by atoms with E-state index in [1.807, 2.05) is 96.9 Å². The third-order valence-corrected chi connectivity index (χ3v) is 5.97. The summed E-state index contributed by atoms with van der Waals surface area (Å²) in [5, 5.41) is 1.94. The number of carbonyl (C=O) groups excluding carboxylic acids is 2. The molecular formula is C25H23N3O2. The molecule has 2 aliphatic heterocycles. The maximum absolute atomic E-state index is 13.5. The standard InChI is InChI=1S/C25H23N3O2/c1-17-12-14-20(15-13-17)28-24(29)21-22(19-10-6-3-7-11-19)26-27(23(21)25(28)30)16-18-8-4-2-5-9-18/h2-15,21-23,26H,16H2,1H3. The molecule has 3 atom stereocenters. The molecule has 0 spiro atoms. The SMILES string of the molecule is Cc1ccc(N2C(=O)C3C(c4ccccc4)NN(Cc4ccccc4)C3C2=O)cc1. The Morgan fingerprint density at radius 3 is 2.10 bits per heavy atom. The first-order valence-electron chi connectivity index (χ1n) is 10.2. The second kappa shape index (κ2) is 7.52. The molecule has 5 heteroatoms. The third-order valence-electron chi connectivity index (χ3n) is 5.97. The number of anilines is 1. The van der Waals surface area contributed by atoms with Gasteiger partial charge in [0, 0.05) is 6.54 Å². The molecule has 3 unspecified atom stereocenters. The van der Waals surface area contributed by atoms with Crippen molar-refractivity contribution in [1.82, 2.24) is 10.4 Å². The fraction of sp³-hybridized carbons (Fsp3) is 0.200. The lowest BCUT2D eigenvalue weighted by atomic mass is 9.91. The van der Waals surface area contributed by atoms with E-state index in [0.717, 1.165) is 16.7 Å². The lowest BCUT2D eigenvalue weighted by molar-refractivity contribution is -0.124. The van der Waals surface area contributed by atoms with Gasteiger partial charge >= 0.3 is 0 Å². The van der Waals surface area contributed by atoms with E-state index in [1.54, 1.807) is 0 Å². The molecule has 30 heavy (non-hydrogen) atoms. The highest BCUT2D eigenvalue weighted by Gasteiger charge is 2.58. The minimum absolute atomic E-state index is 0.147. The summed E-state index contributed by atoms with van der Waals surface area (Å²) in [4.78, 5) is 28.4. The van der Waals surface area contributed by atoms with Crippen molar-refractivity contribution >= 4 is 17.5 Å². The van der Waals surface area contributed by atoms with E-state index in [2.05, 4.69) is 5.43 Å². The number of amides is 2. The van der Waals surface area contributed by atoms with Crippen LogP contribution in [-0.4, -0.2) is 22.9 Å². The maximum atomic E-state index is 13.5. The average Bonchev–Trinajstić information content (AvgIpc) is 3.27. The van der Waals surface area contributed by atoms with Gasteiger partial charge in [0.2, 0.25) is 5.91 Å². The van der Waals surface area contributed by atoms with Crippen molar-refractivity contribution in [3.05, 3.63) is 102 Å². The van der Waals surface area contributed by atoms with Gasteiger partial charge in [-0.1, -0.05) is 78.4 Å². The van der Waals surface area contributed by atoms with E-state index in [9.17, 15) is 9.59 Å². The summed E-state index contributed by atoms with van der Waals surface area (Å²) in [7, 11) is 0. The molecule has 3 aromatic rings. The first-order valence-corrected chi connectivity index (χ1v) is 10.2. The molecule has 1 N–H and O–H groups in total. The Labute approximate surface area is 175 Å². The molecule has 0 aromatic heterocycles. The number of carbonyl (C=O) groups is 2. The zero-order valence-corrected chi connectivity index (χ0v) is 16.7. The highest BCUT2D eigenvalue weighted by Crippen LogP contribution is 2.42. The summed E-state index contributed by atoms with van der Waals surface area (Å²) in [5.41, 5.74) is 7.29. The van der Waals surface area contributed by atoms with Crippen LogP contribution in [0.3, 0.4) is 0 Å². The number of fused-ring (bicyclic) bond motifs is 1. The Kier molecular flexibility index (Phi) is 4.69. The fourth-order valence-corrected chi connectivity index (χ4v) is 4.48. The maximum Gasteiger partial charge on any atom is 0.253 e. The van der Waals surface area contributed by atoms with Crippen LogP contribution in [0.25, 0.3) is 0 Å². The summed E-state index contributed by atoms with van der Waals surface area (Å²) < 4.78 is 0. The van der Waals surface area contributed by atoms with E-state index in [-0.39, 0.29) is 17.9 Å². The highest BCUT2D eigenvalue weighted by atomic mass is 16.2. The summed E-state index contributed by atoms with van der Waals surface area (Å²) in [6.07, 6.45) is 0. The molecule has 5 rings (SSSR count). The van der Waals surface area contributed by atoms with E-state index >= 15 is 0 Å². The van der Waals surface area contributed by atoms with Gasteiger partial charge in [-0.15, -0.1) is 0 Å². The molecule has 0 radical (unpaired) electrons. The van der Waals surface area contributed by atoms with Crippen molar-refractivity contribution < 1.29 is 9.59 Å². The summed E-state index contributed by atoms with van der Waals surface area (Å²) >= 11 is 0. The van der Waals surface area contributed by atoms with Crippen LogP contribution in [0.2, 0.25) is 0 Å². The lowest BCUT2D eigenvalue weighted by Gasteiger charge is -2.25. The van der Waals surface area contributed by atoms with Gasteiger partial charge in [-0.3, -0.25) is 9.59 Å². The topological polar surface area (TPSA) is 52.7 Å². The molecular weight excluding hydrogens is 374 g/mol. The smallest absolute Gasteiger partial charge is 0.253 e. The molecule has 3 aromatic carbocycles. The minimum atomic E-state index is -0.538. The van der Waals surface area contributed by atoms with Crippen LogP contribution < -0.4 is 10.3 Å². The summed E-state index contributed by atoms with van der Waals surface area (Å²) in [6, 6.07) is 26.7. The Bertz CT molecular complexity index is 1070. The number of imide groups is 1. The number of aryl methyl sites for hydroxylation is 1. The molecule has 0 saturated carbocycles. The van der Waals surface area contributed by atoms with Gasteiger partial charge in [-0.05, 0) is 30.2 Å². The van der Waals surface area contributed by atoms with Crippen molar-refractivity contribution in [2.24, 2.45) is 5.92 Å². The van der Waals surface area contributed by atoms with Crippen LogP contribution in [0.1, 0.15) is 22.7 Å². The Hall–Kier alpha value is -3.28. The Morgan fingerprint density at radius 1 is 0.800 bits per heavy atom. The molecule has 2 amide bonds. The molecule has 2 heterocycles. The van der Waals surface area contributed by atoms with Crippen molar-refractivity contribution in [2.45, 2.75) is 25.6 Å². The zero-order valence-electron chi connectivity index (χ0n) is 16.7. The predicted molar refractivity (Wildman–Crippen MR) is 115 cm³/mol. The zero-order chi connectivity index (χ0) is 20.7. The molecule has 0 bridgehead atoms. The number of benzene rings is 3. The number of nitrogens with one attached hydrogen (secondary N) is 1. The van der Waals surface area contributed by atoms with Crippen molar-refractivity contribution in [2.75, 3.05) is 4.90 Å². The van der Waals surface area contributed by atoms with Crippen molar-refractivity contribution in [3.63, 3.8) is 0 Å². The van der Waals surface area contributed by atoms with Gasteiger partial charge in [0.15, 0.2) is 0 Å². The van der Waals surface area contributed by atoms with Gasteiger partial charge in [0.1, 0.15) is 6.04 Å². The molecule has 0 aliphatic carbocycles. The first-order chi connectivity index (χ1) is 14.6. The van der Waals surface area contributed by atoms with Crippen LogP contribution in [0.15, 0.2) is 84.9 Å². The van der Waals surface area contributed by atoms with E-state index < -0.39 is 12.0 Å². The number of hydrogen-bond acceptors (Lipinski definition) is 4. The average molecular weight is 397 g/mol.